The van der Waals surface area contributed by atoms with E-state index < -0.39 is 0 Å². The normalized spacial score (nSPS) is 11.0. The third-order valence-corrected chi connectivity index (χ3v) is 4.99. The Bertz CT molecular complexity index is 1120. The lowest BCUT2D eigenvalue weighted by Crippen LogP contribution is -2.27. The van der Waals surface area contributed by atoms with E-state index in [1.165, 1.54) is 0 Å². The van der Waals surface area contributed by atoms with E-state index in [9.17, 15) is 4.79 Å². The van der Waals surface area contributed by atoms with Gasteiger partial charge in [0.05, 0.1) is 6.42 Å². The minimum absolute atomic E-state index is 0.0179. The first-order valence-electron chi connectivity index (χ1n) is 10.2. The Kier molecular flexibility index (Phi) is 6.20. The van der Waals surface area contributed by atoms with Crippen molar-refractivity contribution < 1.29 is 9.21 Å². The second-order valence-corrected chi connectivity index (χ2v) is 7.32. The number of nitrogens with one attached hydrogen (secondary N) is 1. The molecule has 1 amide bonds. The average molecular weight is 399 g/mol. The number of carbonyl (C=O) groups is 1. The zero-order chi connectivity index (χ0) is 20.8. The fourth-order valence-corrected chi connectivity index (χ4v) is 3.39. The number of oxazole rings is 1. The topological polar surface area (TPSA) is 81.1 Å². The first-order valence-corrected chi connectivity index (χ1v) is 10.2. The largest absolute Gasteiger partial charge is 0.440 e. The molecule has 1 heterocycles. The number of hydrogen-bond donors (Lipinski definition) is 2. The van der Waals surface area contributed by atoms with E-state index in [-0.39, 0.29) is 5.91 Å². The van der Waals surface area contributed by atoms with Gasteiger partial charge in [-0.1, -0.05) is 60.7 Å². The van der Waals surface area contributed by atoms with E-state index in [2.05, 4.69) is 34.6 Å². The van der Waals surface area contributed by atoms with Gasteiger partial charge in [0.1, 0.15) is 5.52 Å². The molecular weight excluding hydrogens is 374 g/mol. The highest BCUT2D eigenvalue weighted by atomic mass is 16.3. The molecule has 0 unspecified atom stereocenters. The third-order valence-electron chi connectivity index (χ3n) is 4.99. The first kappa shape index (κ1) is 19.9. The van der Waals surface area contributed by atoms with Crippen molar-refractivity contribution in [1.29, 1.82) is 0 Å². The summed E-state index contributed by atoms with van der Waals surface area (Å²) >= 11 is 0. The van der Waals surface area contributed by atoms with Gasteiger partial charge < -0.3 is 15.5 Å². The molecule has 0 aliphatic carbocycles. The molecule has 4 rings (SSSR count). The molecule has 0 bridgehead atoms. The molecule has 0 saturated carbocycles. The molecule has 3 aromatic carbocycles. The molecule has 5 nitrogen and oxygen atoms in total. The molecule has 0 aliphatic rings. The summed E-state index contributed by atoms with van der Waals surface area (Å²) in [6.45, 7) is 1.20. The van der Waals surface area contributed by atoms with Gasteiger partial charge in [-0.05, 0) is 47.4 Å². The zero-order valence-electron chi connectivity index (χ0n) is 16.8. The van der Waals surface area contributed by atoms with Crippen LogP contribution in [0.5, 0.6) is 0 Å². The van der Waals surface area contributed by atoms with Crippen molar-refractivity contribution in [3.05, 3.63) is 89.8 Å². The molecule has 152 valence electrons. The Labute approximate surface area is 175 Å². The lowest BCUT2D eigenvalue weighted by molar-refractivity contribution is -0.120. The van der Waals surface area contributed by atoms with Gasteiger partial charge in [0, 0.05) is 13.0 Å². The Morgan fingerprint density at radius 1 is 0.933 bits per heavy atom. The van der Waals surface area contributed by atoms with Crippen LogP contribution in [-0.4, -0.2) is 24.0 Å². The molecular formula is C25H25N3O2. The fraction of sp³-hybridized carbons (Fsp3) is 0.200. The quantitative estimate of drug-likeness (QED) is 0.437. The molecule has 0 saturated heterocycles. The van der Waals surface area contributed by atoms with E-state index in [4.69, 9.17) is 10.2 Å². The lowest BCUT2D eigenvalue weighted by Gasteiger charge is -2.05. The number of carbonyl (C=O) groups excluding carboxylic acids is 1. The van der Waals surface area contributed by atoms with Gasteiger partial charge >= 0.3 is 0 Å². The van der Waals surface area contributed by atoms with Crippen LogP contribution in [0.3, 0.4) is 0 Å². The van der Waals surface area contributed by atoms with Crippen LogP contribution >= 0.6 is 0 Å². The van der Waals surface area contributed by atoms with Gasteiger partial charge in [-0.25, -0.2) is 4.98 Å². The minimum atomic E-state index is 0.0179. The van der Waals surface area contributed by atoms with Crippen LogP contribution < -0.4 is 11.1 Å². The van der Waals surface area contributed by atoms with E-state index in [1.54, 1.807) is 0 Å². The molecule has 30 heavy (non-hydrogen) atoms. The Morgan fingerprint density at radius 3 is 2.47 bits per heavy atom. The van der Waals surface area contributed by atoms with E-state index in [0.717, 1.165) is 39.8 Å². The zero-order valence-corrected chi connectivity index (χ0v) is 16.8. The average Bonchev–Trinajstić information content (AvgIpc) is 3.17. The summed E-state index contributed by atoms with van der Waals surface area (Å²) in [4.78, 5) is 16.6. The molecule has 0 spiro atoms. The van der Waals surface area contributed by atoms with Crippen LogP contribution in [0, 0.1) is 0 Å². The van der Waals surface area contributed by atoms with Gasteiger partial charge in [-0.2, -0.15) is 0 Å². The molecule has 4 aromatic rings. The summed E-state index contributed by atoms with van der Waals surface area (Å²) in [6.07, 6.45) is 1.77. The van der Waals surface area contributed by atoms with E-state index in [1.807, 2.05) is 48.5 Å². The maximum atomic E-state index is 11.9. The molecule has 0 aliphatic heterocycles. The maximum absolute atomic E-state index is 11.9. The maximum Gasteiger partial charge on any atom is 0.224 e. The van der Waals surface area contributed by atoms with E-state index >= 15 is 0 Å². The summed E-state index contributed by atoms with van der Waals surface area (Å²) < 4.78 is 5.93. The number of nitrogens with two attached hydrogens (primary N) is 1. The highest BCUT2D eigenvalue weighted by molar-refractivity contribution is 5.80. The van der Waals surface area contributed by atoms with Gasteiger partial charge in [0.25, 0.3) is 0 Å². The first-order chi connectivity index (χ1) is 14.7. The van der Waals surface area contributed by atoms with Crippen molar-refractivity contribution in [2.45, 2.75) is 19.3 Å². The summed E-state index contributed by atoms with van der Waals surface area (Å²) in [6, 6.07) is 24.3. The summed E-state index contributed by atoms with van der Waals surface area (Å²) in [5.41, 5.74) is 11.4. The molecule has 0 atom stereocenters. The molecule has 0 radical (unpaired) electrons. The van der Waals surface area contributed by atoms with Crippen molar-refractivity contribution in [1.82, 2.24) is 10.3 Å². The Morgan fingerprint density at radius 2 is 1.70 bits per heavy atom. The number of hydrogen-bond acceptors (Lipinski definition) is 4. The van der Waals surface area contributed by atoms with E-state index in [0.29, 0.717) is 31.8 Å². The van der Waals surface area contributed by atoms with Crippen molar-refractivity contribution in [3.63, 3.8) is 0 Å². The van der Waals surface area contributed by atoms with Crippen LogP contribution in [0.1, 0.15) is 23.4 Å². The fourth-order valence-electron chi connectivity index (χ4n) is 3.39. The van der Waals surface area contributed by atoms with Crippen molar-refractivity contribution >= 4 is 17.0 Å². The highest BCUT2D eigenvalue weighted by Gasteiger charge is 2.09. The SMILES string of the molecule is NCCCNC(=O)Cc1ccc(Cc2nc3cc(-c4ccccc4)ccc3o2)cc1. The number of fused-ring (bicyclic) bond motifs is 1. The number of aromatic nitrogens is 1. The van der Waals surface area contributed by atoms with Crippen molar-refractivity contribution in [2.75, 3.05) is 13.1 Å². The van der Waals surface area contributed by atoms with Crippen LogP contribution in [0.25, 0.3) is 22.2 Å². The molecule has 5 heteroatoms. The summed E-state index contributed by atoms with van der Waals surface area (Å²) in [5, 5.41) is 2.87. The van der Waals surface area contributed by atoms with Gasteiger partial charge in [-0.3, -0.25) is 4.79 Å². The summed E-state index contributed by atoms with van der Waals surface area (Å²) in [5.74, 6) is 0.701. The second-order valence-electron chi connectivity index (χ2n) is 7.32. The molecule has 0 fully saturated rings. The molecule has 3 N–H and O–H groups in total. The highest BCUT2D eigenvalue weighted by Crippen LogP contribution is 2.25. The Hall–Kier alpha value is -3.44. The number of nitrogens with zero attached hydrogens (tertiary/aromatic N) is 1. The van der Waals surface area contributed by atoms with Crippen LogP contribution in [-0.2, 0) is 17.6 Å². The van der Waals surface area contributed by atoms with Crippen LogP contribution in [0.2, 0.25) is 0 Å². The van der Waals surface area contributed by atoms with Crippen molar-refractivity contribution in [3.8, 4) is 11.1 Å². The molecule has 1 aromatic heterocycles. The standard InChI is InChI=1S/C25H25N3O2/c26-13-4-14-27-24(29)15-18-7-9-19(10-8-18)16-25-28-22-17-21(11-12-23(22)30-25)20-5-2-1-3-6-20/h1-3,5-12,17H,4,13-16,26H2,(H,27,29). The second kappa shape index (κ2) is 9.37. The lowest BCUT2D eigenvalue weighted by atomic mass is 10.1. The minimum Gasteiger partial charge on any atom is -0.440 e. The third kappa shape index (κ3) is 4.93. The van der Waals surface area contributed by atoms with Gasteiger partial charge in [0.2, 0.25) is 5.91 Å². The Balaban J connectivity index is 1.42. The number of rotatable bonds is 8. The summed E-state index contributed by atoms with van der Waals surface area (Å²) in [7, 11) is 0. The predicted molar refractivity (Wildman–Crippen MR) is 119 cm³/mol. The van der Waals surface area contributed by atoms with Gasteiger partial charge in [-0.15, -0.1) is 0 Å². The predicted octanol–water partition coefficient (Wildman–Crippen LogP) is 4.09. The van der Waals surface area contributed by atoms with Gasteiger partial charge in [0.15, 0.2) is 11.5 Å². The monoisotopic (exact) mass is 399 g/mol. The van der Waals surface area contributed by atoms with Crippen molar-refractivity contribution in [2.24, 2.45) is 5.73 Å². The van der Waals surface area contributed by atoms with Crippen LogP contribution in [0.15, 0.2) is 77.2 Å². The number of benzene rings is 3. The number of amides is 1. The van der Waals surface area contributed by atoms with Crippen LogP contribution in [0.4, 0.5) is 0 Å². The smallest absolute Gasteiger partial charge is 0.224 e.